The second kappa shape index (κ2) is 6.18. The number of hydrogen-bond acceptors (Lipinski definition) is 5. The molecule has 94 valence electrons. The SMILES string of the molecule is CCOC(=O)C(C(=O)OCC)C1=CC(=O)CC1. The van der Waals surface area contributed by atoms with E-state index in [0.29, 0.717) is 18.4 Å². The summed E-state index contributed by atoms with van der Waals surface area (Å²) >= 11 is 0. The minimum absolute atomic E-state index is 0.0707. The number of esters is 2. The first-order valence-electron chi connectivity index (χ1n) is 5.66. The van der Waals surface area contributed by atoms with Crippen molar-refractivity contribution in [2.24, 2.45) is 5.92 Å². The molecule has 0 radical (unpaired) electrons. The zero-order chi connectivity index (χ0) is 12.8. The first-order valence-corrected chi connectivity index (χ1v) is 5.66. The normalized spacial score (nSPS) is 14.8. The molecule has 0 aromatic heterocycles. The standard InChI is InChI=1S/C12H16O5/c1-3-16-11(14)10(12(15)17-4-2)8-5-6-9(13)7-8/h7,10H,3-6H2,1-2H3. The Kier molecular flexibility index (Phi) is 4.87. The third kappa shape index (κ3) is 3.41. The van der Waals surface area contributed by atoms with Crippen molar-refractivity contribution in [1.82, 2.24) is 0 Å². The van der Waals surface area contributed by atoms with Crippen molar-refractivity contribution in [2.45, 2.75) is 26.7 Å². The molecule has 1 aliphatic rings. The van der Waals surface area contributed by atoms with Crippen molar-refractivity contribution in [1.29, 1.82) is 0 Å². The molecule has 0 N–H and O–H groups in total. The smallest absolute Gasteiger partial charge is 0.324 e. The second-order valence-corrected chi connectivity index (χ2v) is 3.62. The van der Waals surface area contributed by atoms with Gasteiger partial charge in [-0.05, 0) is 31.9 Å². The molecule has 0 aromatic rings. The quantitative estimate of drug-likeness (QED) is 0.530. The van der Waals surface area contributed by atoms with Gasteiger partial charge in [-0.15, -0.1) is 0 Å². The Balaban J connectivity index is 2.86. The Morgan fingerprint density at radius 1 is 1.18 bits per heavy atom. The molecule has 5 nitrogen and oxygen atoms in total. The first-order chi connectivity index (χ1) is 8.10. The van der Waals surface area contributed by atoms with Gasteiger partial charge < -0.3 is 9.47 Å². The van der Waals surface area contributed by atoms with Crippen LogP contribution in [0.25, 0.3) is 0 Å². The second-order valence-electron chi connectivity index (χ2n) is 3.62. The number of ketones is 1. The van der Waals surface area contributed by atoms with Crippen LogP contribution in [-0.4, -0.2) is 30.9 Å². The summed E-state index contributed by atoms with van der Waals surface area (Å²) in [5, 5.41) is 0. The molecule has 1 rings (SSSR count). The summed E-state index contributed by atoms with van der Waals surface area (Å²) in [5.41, 5.74) is 0.493. The van der Waals surface area contributed by atoms with E-state index < -0.39 is 17.9 Å². The number of allylic oxidation sites excluding steroid dienone is 1. The van der Waals surface area contributed by atoms with Crippen LogP contribution in [0.5, 0.6) is 0 Å². The monoisotopic (exact) mass is 240 g/mol. The van der Waals surface area contributed by atoms with Crippen molar-refractivity contribution >= 4 is 17.7 Å². The lowest BCUT2D eigenvalue weighted by molar-refractivity contribution is -0.159. The molecule has 0 saturated heterocycles. The van der Waals surface area contributed by atoms with Crippen molar-refractivity contribution in [3.8, 4) is 0 Å². The predicted octanol–water partition coefficient (Wildman–Crippen LogP) is 1.02. The molecular weight excluding hydrogens is 224 g/mol. The molecule has 0 fully saturated rings. The summed E-state index contributed by atoms with van der Waals surface area (Å²) in [4.78, 5) is 34.5. The molecule has 1 aliphatic carbocycles. The molecule has 17 heavy (non-hydrogen) atoms. The van der Waals surface area contributed by atoms with Crippen LogP contribution in [0.15, 0.2) is 11.6 Å². The van der Waals surface area contributed by atoms with Gasteiger partial charge in [0.15, 0.2) is 11.7 Å². The fourth-order valence-electron chi connectivity index (χ4n) is 1.70. The molecule has 0 amide bonds. The van der Waals surface area contributed by atoms with E-state index in [2.05, 4.69) is 0 Å². The highest BCUT2D eigenvalue weighted by atomic mass is 16.6. The molecule has 0 aliphatic heterocycles. The van der Waals surface area contributed by atoms with Crippen LogP contribution in [0.2, 0.25) is 0 Å². The lowest BCUT2D eigenvalue weighted by Crippen LogP contribution is -2.29. The van der Waals surface area contributed by atoms with E-state index in [1.807, 2.05) is 0 Å². The van der Waals surface area contributed by atoms with Gasteiger partial charge in [-0.3, -0.25) is 14.4 Å². The van der Waals surface area contributed by atoms with Gasteiger partial charge in [-0.1, -0.05) is 0 Å². The zero-order valence-corrected chi connectivity index (χ0v) is 10.0. The topological polar surface area (TPSA) is 69.7 Å². The summed E-state index contributed by atoms with van der Waals surface area (Å²) in [6.07, 6.45) is 2.10. The number of carbonyl (C=O) groups excluding carboxylic acids is 3. The maximum Gasteiger partial charge on any atom is 0.324 e. The van der Waals surface area contributed by atoms with Crippen LogP contribution in [0.4, 0.5) is 0 Å². The number of carbonyl (C=O) groups is 3. The van der Waals surface area contributed by atoms with Gasteiger partial charge in [0.1, 0.15) is 0 Å². The molecular formula is C12H16O5. The maximum absolute atomic E-state index is 11.7. The third-order valence-electron chi connectivity index (χ3n) is 2.42. The molecule has 0 bridgehead atoms. The van der Waals surface area contributed by atoms with Gasteiger partial charge in [0.2, 0.25) is 0 Å². The van der Waals surface area contributed by atoms with E-state index in [1.54, 1.807) is 13.8 Å². The van der Waals surface area contributed by atoms with Crippen molar-refractivity contribution < 1.29 is 23.9 Å². The summed E-state index contributed by atoms with van der Waals surface area (Å²) in [5.74, 6) is -2.45. The van der Waals surface area contributed by atoms with E-state index >= 15 is 0 Å². The van der Waals surface area contributed by atoms with Gasteiger partial charge in [-0.2, -0.15) is 0 Å². The molecule has 0 aromatic carbocycles. The van der Waals surface area contributed by atoms with Gasteiger partial charge in [-0.25, -0.2) is 0 Å². The highest BCUT2D eigenvalue weighted by molar-refractivity contribution is 6.02. The van der Waals surface area contributed by atoms with Crippen LogP contribution in [-0.2, 0) is 23.9 Å². The van der Waals surface area contributed by atoms with Gasteiger partial charge in [0, 0.05) is 6.42 Å². The van der Waals surface area contributed by atoms with Crippen molar-refractivity contribution in [3.05, 3.63) is 11.6 Å². The lowest BCUT2D eigenvalue weighted by atomic mass is 9.99. The van der Waals surface area contributed by atoms with Crippen LogP contribution in [0.1, 0.15) is 26.7 Å². The largest absolute Gasteiger partial charge is 0.465 e. The van der Waals surface area contributed by atoms with Crippen LogP contribution in [0, 0.1) is 5.92 Å². The van der Waals surface area contributed by atoms with E-state index in [1.165, 1.54) is 6.08 Å². The fraction of sp³-hybridized carbons (Fsp3) is 0.583. The highest BCUT2D eigenvalue weighted by Gasteiger charge is 2.35. The summed E-state index contributed by atoms with van der Waals surface area (Å²) in [6, 6.07) is 0. The predicted molar refractivity (Wildman–Crippen MR) is 59.1 cm³/mol. The fourth-order valence-corrected chi connectivity index (χ4v) is 1.70. The lowest BCUT2D eigenvalue weighted by Gasteiger charge is -2.14. The van der Waals surface area contributed by atoms with Crippen LogP contribution < -0.4 is 0 Å². The van der Waals surface area contributed by atoms with E-state index in [9.17, 15) is 14.4 Å². The minimum Gasteiger partial charge on any atom is -0.465 e. The van der Waals surface area contributed by atoms with E-state index in [4.69, 9.17) is 9.47 Å². The van der Waals surface area contributed by atoms with E-state index in [0.717, 1.165) is 0 Å². The Morgan fingerprint density at radius 2 is 1.71 bits per heavy atom. The van der Waals surface area contributed by atoms with Crippen LogP contribution in [0.3, 0.4) is 0 Å². The average Bonchev–Trinajstić information content (AvgIpc) is 2.66. The Bertz CT molecular complexity index is 338. The summed E-state index contributed by atoms with van der Waals surface area (Å²) in [6.45, 7) is 3.70. The first kappa shape index (κ1) is 13.4. The molecule has 0 atom stereocenters. The molecule has 0 unspecified atom stereocenters. The number of rotatable bonds is 5. The Labute approximate surface area is 99.8 Å². The summed E-state index contributed by atoms with van der Waals surface area (Å²) < 4.78 is 9.65. The molecule has 5 heteroatoms. The number of ether oxygens (including phenoxy) is 2. The van der Waals surface area contributed by atoms with Gasteiger partial charge >= 0.3 is 11.9 Å². The van der Waals surface area contributed by atoms with Crippen molar-refractivity contribution in [2.75, 3.05) is 13.2 Å². The zero-order valence-electron chi connectivity index (χ0n) is 10.0. The Hall–Kier alpha value is -1.65. The molecule has 0 heterocycles. The molecule has 0 saturated carbocycles. The van der Waals surface area contributed by atoms with Crippen molar-refractivity contribution in [3.63, 3.8) is 0 Å². The average molecular weight is 240 g/mol. The highest BCUT2D eigenvalue weighted by Crippen LogP contribution is 2.25. The maximum atomic E-state index is 11.7. The van der Waals surface area contributed by atoms with Crippen LogP contribution >= 0.6 is 0 Å². The van der Waals surface area contributed by atoms with Gasteiger partial charge in [0.25, 0.3) is 0 Å². The summed E-state index contributed by atoms with van der Waals surface area (Å²) in [7, 11) is 0. The minimum atomic E-state index is -1.08. The Morgan fingerprint density at radius 3 is 2.06 bits per heavy atom. The molecule has 0 spiro atoms. The van der Waals surface area contributed by atoms with E-state index in [-0.39, 0.29) is 19.0 Å². The number of hydrogen-bond donors (Lipinski definition) is 0. The third-order valence-corrected chi connectivity index (χ3v) is 2.42. The van der Waals surface area contributed by atoms with Gasteiger partial charge in [0.05, 0.1) is 13.2 Å².